The molecule has 2 aliphatic rings. The van der Waals surface area contributed by atoms with E-state index in [-0.39, 0.29) is 42.2 Å². The maximum absolute atomic E-state index is 14.4. The van der Waals surface area contributed by atoms with E-state index in [9.17, 15) is 29.1 Å². The van der Waals surface area contributed by atoms with Crippen molar-refractivity contribution in [2.24, 2.45) is 17.8 Å². The number of benzene rings is 1. The van der Waals surface area contributed by atoms with Crippen molar-refractivity contribution < 1.29 is 33.8 Å². The zero-order valence-corrected chi connectivity index (χ0v) is 34.4. The Labute approximate surface area is 329 Å². The van der Waals surface area contributed by atoms with Gasteiger partial charge in [-0.3, -0.25) is 24.1 Å². The van der Waals surface area contributed by atoms with Gasteiger partial charge < -0.3 is 36.4 Å². The first kappa shape index (κ1) is 43.5. The number of nitrogens with zero attached hydrogens (tertiary/aromatic N) is 3. The van der Waals surface area contributed by atoms with E-state index >= 15 is 0 Å². The van der Waals surface area contributed by atoms with Gasteiger partial charge in [-0.1, -0.05) is 53.2 Å². The van der Waals surface area contributed by atoms with Crippen molar-refractivity contribution in [3.63, 3.8) is 0 Å². The SMILES string of the molecule is CCNC(=O)O[C@H](C[C@H](C(C)C)N(C)C(=O)[C@@H](NC(=O)C12CCC(CC1)N2C)[C@@H](C)CC)c1nc(C(=O)N[C@@H](Cc2ccc(N)cc2)C[C@H](C)C(=O)O)cs1. The van der Waals surface area contributed by atoms with Crippen LogP contribution in [0.3, 0.4) is 0 Å². The van der Waals surface area contributed by atoms with E-state index in [1.54, 1.807) is 43.3 Å². The molecule has 3 heterocycles. The highest BCUT2D eigenvalue weighted by Crippen LogP contribution is 2.45. The number of nitrogens with one attached hydrogen (secondary N) is 3. The first-order valence-corrected chi connectivity index (χ1v) is 20.5. The molecule has 14 nitrogen and oxygen atoms in total. The van der Waals surface area contributed by atoms with Crippen LogP contribution >= 0.6 is 11.3 Å². The summed E-state index contributed by atoms with van der Waals surface area (Å²) in [4.78, 5) is 75.0. The third-order valence-electron chi connectivity index (χ3n) is 11.7. The Morgan fingerprint density at radius 2 is 1.71 bits per heavy atom. The number of aliphatic carboxylic acids is 1. The molecule has 2 aromatic rings. The molecule has 6 N–H and O–H groups in total. The summed E-state index contributed by atoms with van der Waals surface area (Å²) < 4.78 is 5.91. The van der Waals surface area contributed by atoms with Gasteiger partial charge in [0.2, 0.25) is 11.8 Å². The summed E-state index contributed by atoms with van der Waals surface area (Å²) in [7, 11) is 3.73. The van der Waals surface area contributed by atoms with Gasteiger partial charge in [0.25, 0.3) is 5.91 Å². The molecule has 0 spiro atoms. The van der Waals surface area contributed by atoms with E-state index in [2.05, 4.69) is 25.8 Å². The summed E-state index contributed by atoms with van der Waals surface area (Å²) in [6, 6.07) is 5.90. The second kappa shape index (κ2) is 19.1. The van der Waals surface area contributed by atoms with Crippen LogP contribution in [0.1, 0.15) is 114 Å². The molecule has 0 radical (unpaired) electrons. The molecule has 0 aliphatic carbocycles. The highest BCUT2D eigenvalue weighted by atomic mass is 32.1. The fraction of sp³-hybridized carbons (Fsp3) is 0.650. The van der Waals surface area contributed by atoms with Gasteiger partial charge in [-0.2, -0.15) is 0 Å². The molecule has 1 aromatic carbocycles. The highest BCUT2D eigenvalue weighted by molar-refractivity contribution is 7.09. The van der Waals surface area contributed by atoms with Crippen LogP contribution in [0.4, 0.5) is 10.5 Å². The number of carboxylic acids is 1. The van der Waals surface area contributed by atoms with Gasteiger partial charge in [-0.25, -0.2) is 9.78 Å². The number of carbonyl (C=O) groups is 5. The molecule has 4 rings (SSSR count). The molecule has 2 aliphatic heterocycles. The number of anilines is 1. The fourth-order valence-electron chi connectivity index (χ4n) is 7.97. The number of carbonyl (C=O) groups excluding carboxylic acids is 4. The van der Waals surface area contributed by atoms with E-state index in [0.717, 1.165) is 42.6 Å². The number of carboxylic acid groups (broad SMARTS) is 1. The zero-order chi connectivity index (χ0) is 40.6. The number of hydrogen-bond acceptors (Lipinski definition) is 10. The second-order valence-electron chi connectivity index (χ2n) is 15.8. The average Bonchev–Trinajstić information content (AvgIpc) is 3.86. The average molecular weight is 784 g/mol. The summed E-state index contributed by atoms with van der Waals surface area (Å²) in [6.07, 6.45) is 3.40. The van der Waals surface area contributed by atoms with Crippen molar-refractivity contribution in [1.82, 2.24) is 30.7 Å². The van der Waals surface area contributed by atoms with Crippen molar-refractivity contribution in [1.29, 1.82) is 0 Å². The van der Waals surface area contributed by atoms with Crippen LogP contribution in [0.2, 0.25) is 0 Å². The van der Waals surface area contributed by atoms with Gasteiger partial charge in [0.1, 0.15) is 22.3 Å². The van der Waals surface area contributed by atoms with Crippen LogP contribution in [-0.4, -0.2) is 100 Å². The van der Waals surface area contributed by atoms with E-state index < -0.39 is 53.7 Å². The first-order valence-electron chi connectivity index (χ1n) is 19.6. The molecular formula is C40H61N7O7S. The highest BCUT2D eigenvalue weighted by Gasteiger charge is 2.55. The molecule has 2 saturated heterocycles. The van der Waals surface area contributed by atoms with Gasteiger partial charge in [-0.15, -0.1) is 11.3 Å². The molecule has 2 bridgehead atoms. The Hall–Kier alpha value is -4.24. The van der Waals surface area contributed by atoms with Crippen molar-refractivity contribution in [2.75, 3.05) is 26.4 Å². The summed E-state index contributed by atoms with van der Waals surface area (Å²) in [5, 5.41) is 20.4. The number of fused-ring (bicyclic) bond motifs is 2. The second-order valence-corrected chi connectivity index (χ2v) is 16.7. The van der Waals surface area contributed by atoms with Crippen molar-refractivity contribution in [3.8, 4) is 0 Å². The Kier molecular flexibility index (Phi) is 15.1. The number of amides is 4. The minimum atomic E-state index is -0.966. The van der Waals surface area contributed by atoms with E-state index in [4.69, 9.17) is 10.5 Å². The zero-order valence-electron chi connectivity index (χ0n) is 33.6. The molecule has 0 unspecified atom stereocenters. The molecule has 15 heteroatoms. The van der Waals surface area contributed by atoms with Crippen LogP contribution in [0, 0.1) is 17.8 Å². The number of ether oxygens (including phenoxy) is 1. The standard InChI is InChI=1S/C40H61N7O7S/c1-9-24(5)33(45-38(52)40-17-15-29(16-18-40)47(40)8)36(49)46(7)31(23(3)4)21-32(54-39(53)42-10-2)35-44-30(22-55-35)34(48)43-28(19-25(6)37(50)51)20-26-11-13-27(41)14-12-26/h11-14,22-25,28-29,31-33H,9-10,15-21,41H2,1-8H3,(H,42,53)(H,43,48)(H,45,52)(H,50,51)/t24-,25-,28+,29?,31+,32+,33-,40?/m0/s1. The quantitative estimate of drug-likeness (QED) is 0.121. The smallest absolute Gasteiger partial charge is 0.407 e. The van der Waals surface area contributed by atoms with E-state index in [1.165, 1.54) is 0 Å². The molecule has 4 amide bonds. The largest absolute Gasteiger partial charge is 0.481 e. The lowest BCUT2D eigenvalue weighted by Crippen LogP contribution is -2.60. The summed E-state index contributed by atoms with van der Waals surface area (Å²) >= 11 is 1.16. The predicted molar refractivity (Wildman–Crippen MR) is 212 cm³/mol. The number of hydrogen-bond donors (Lipinski definition) is 5. The molecular weight excluding hydrogens is 723 g/mol. The minimum absolute atomic E-state index is 0.0780. The van der Waals surface area contributed by atoms with Crippen molar-refractivity contribution >= 4 is 46.8 Å². The maximum atomic E-state index is 14.4. The van der Waals surface area contributed by atoms with Crippen LogP contribution in [0.5, 0.6) is 0 Å². The Morgan fingerprint density at radius 1 is 1.05 bits per heavy atom. The number of rotatable bonds is 19. The Morgan fingerprint density at radius 3 is 2.25 bits per heavy atom. The lowest BCUT2D eigenvalue weighted by Gasteiger charge is -2.38. The number of nitrogens with two attached hydrogens (primary N) is 1. The molecule has 0 saturated carbocycles. The van der Waals surface area contributed by atoms with Crippen LogP contribution < -0.4 is 21.7 Å². The lowest BCUT2D eigenvalue weighted by molar-refractivity contribution is -0.142. The molecule has 55 heavy (non-hydrogen) atoms. The van der Waals surface area contributed by atoms with Gasteiger partial charge in [-0.05, 0) is 82.0 Å². The van der Waals surface area contributed by atoms with Gasteiger partial charge in [0.05, 0.1) is 5.92 Å². The third-order valence-corrected chi connectivity index (χ3v) is 12.7. The third kappa shape index (κ3) is 10.5. The number of alkyl carbamates (subject to hydrolysis) is 1. The van der Waals surface area contributed by atoms with Crippen LogP contribution in [-0.2, 0) is 25.5 Å². The van der Waals surface area contributed by atoms with Crippen molar-refractivity contribution in [2.45, 2.75) is 129 Å². The van der Waals surface area contributed by atoms with Crippen LogP contribution in [0.25, 0.3) is 0 Å². The maximum Gasteiger partial charge on any atom is 0.407 e. The predicted octanol–water partition coefficient (Wildman–Crippen LogP) is 5.00. The molecule has 2 fully saturated rings. The molecule has 6 atom stereocenters. The van der Waals surface area contributed by atoms with Gasteiger partial charge >= 0.3 is 12.1 Å². The van der Waals surface area contributed by atoms with Gasteiger partial charge in [0.15, 0.2) is 6.10 Å². The lowest BCUT2D eigenvalue weighted by atomic mass is 9.86. The normalized spacial score (nSPS) is 21.2. The Bertz CT molecular complexity index is 1640. The van der Waals surface area contributed by atoms with E-state index in [0.29, 0.717) is 36.1 Å². The number of nitrogen functional groups attached to an aromatic ring is 1. The first-order chi connectivity index (χ1) is 26.0. The number of thiazole rings is 1. The van der Waals surface area contributed by atoms with Crippen molar-refractivity contribution in [3.05, 3.63) is 45.9 Å². The topological polar surface area (TPSA) is 196 Å². The molecule has 304 valence electrons. The van der Waals surface area contributed by atoms with Gasteiger partial charge in [0, 0.05) is 49.2 Å². The van der Waals surface area contributed by atoms with E-state index in [1.807, 2.05) is 46.9 Å². The Balaban J connectivity index is 1.55. The summed E-state index contributed by atoms with van der Waals surface area (Å²) in [6.45, 7) is 11.6. The number of likely N-dealkylation sites (N-methyl/N-ethyl adjacent to an activating group) is 2. The monoisotopic (exact) mass is 783 g/mol. The van der Waals surface area contributed by atoms with Crippen LogP contribution in [0.15, 0.2) is 29.6 Å². The summed E-state index contributed by atoms with van der Waals surface area (Å²) in [5.41, 5.74) is 6.84. The fourth-order valence-corrected chi connectivity index (χ4v) is 8.81. The minimum Gasteiger partial charge on any atom is -0.481 e. The number of aromatic nitrogens is 1. The molecule has 1 aromatic heterocycles. The summed E-state index contributed by atoms with van der Waals surface area (Å²) in [5.74, 6) is -2.68.